The molecule has 0 N–H and O–H groups in total. The van der Waals surface area contributed by atoms with Crippen LogP contribution in [0.5, 0.6) is 0 Å². The van der Waals surface area contributed by atoms with E-state index in [-0.39, 0.29) is 11.6 Å². The lowest BCUT2D eigenvalue weighted by atomic mass is 10.2. The predicted molar refractivity (Wildman–Crippen MR) is 58.9 cm³/mol. The van der Waals surface area contributed by atoms with Crippen LogP contribution in [0.3, 0.4) is 0 Å². The van der Waals surface area contributed by atoms with Gasteiger partial charge in [0.2, 0.25) is 0 Å². The van der Waals surface area contributed by atoms with E-state index in [4.69, 9.17) is 5.26 Å². The van der Waals surface area contributed by atoms with E-state index >= 15 is 0 Å². The molecule has 2 heterocycles. The first-order valence-corrected chi connectivity index (χ1v) is 4.91. The third-order valence-electron chi connectivity index (χ3n) is 2.34. The number of rotatable bonds is 1. The van der Waals surface area contributed by atoms with Crippen LogP contribution in [0.2, 0.25) is 0 Å². The van der Waals surface area contributed by atoms with Crippen LogP contribution in [0.15, 0.2) is 23.3 Å². The van der Waals surface area contributed by atoms with E-state index in [1.54, 1.807) is 10.6 Å². The summed E-state index contributed by atoms with van der Waals surface area (Å²) < 4.78 is 1.55. The molecular weight excluding hydrogens is 204 g/mol. The van der Waals surface area contributed by atoms with Crippen molar-refractivity contribution in [2.45, 2.75) is 19.9 Å². The van der Waals surface area contributed by atoms with Crippen molar-refractivity contribution in [1.82, 2.24) is 14.5 Å². The topological polar surface area (TPSA) is 71.6 Å². The molecule has 5 nitrogen and oxygen atoms in total. The molecule has 2 aromatic heterocycles. The predicted octanol–water partition coefficient (Wildman–Crippen LogP) is 1.24. The SMILES string of the molecule is CC(C)n1c(=O)ccc2c(C#N)ncnc21. The van der Waals surface area contributed by atoms with E-state index in [1.807, 2.05) is 19.9 Å². The van der Waals surface area contributed by atoms with Gasteiger partial charge >= 0.3 is 0 Å². The number of fused-ring (bicyclic) bond motifs is 1. The largest absolute Gasteiger partial charge is 0.290 e. The second-order valence-corrected chi connectivity index (χ2v) is 3.71. The molecule has 0 fully saturated rings. The van der Waals surface area contributed by atoms with Crippen LogP contribution in [0, 0.1) is 11.3 Å². The molecular formula is C11H10N4O. The monoisotopic (exact) mass is 214 g/mol. The van der Waals surface area contributed by atoms with Gasteiger partial charge in [0.25, 0.3) is 5.56 Å². The highest BCUT2D eigenvalue weighted by molar-refractivity contribution is 5.79. The van der Waals surface area contributed by atoms with Crippen molar-refractivity contribution in [3.63, 3.8) is 0 Å². The van der Waals surface area contributed by atoms with Crippen molar-refractivity contribution >= 4 is 11.0 Å². The highest BCUT2D eigenvalue weighted by Crippen LogP contribution is 2.14. The lowest BCUT2D eigenvalue weighted by Gasteiger charge is -2.12. The lowest BCUT2D eigenvalue weighted by Crippen LogP contribution is -2.22. The second-order valence-electron chi connectivity index (χ2n) is 3.71. The first-order chi connectivity index (χ1) is 7.65. The van der Waals surface area contributed by atoms with Gasteiger partial charge in [-0.25, -0.2) is 9.97 Å². The van der Waals surface area contributed by atoms with Gasteiger partial charge in [-0.3, -0.25) is 9.36 Å². The molecule has 0 saturated heterocycles. The van der Waals surface area contributed by atoms with Crippen LogP contribution < -0.4 is 5.56 Å². The van der Waals surface area contributed by atoms with E-state index in [0.29, 0.717) is 16.7 Å². The molecule has 2 aromatic rings. The summed E-state index contributed by atoms with van der Waals surface area (Å²) in [4.78, 5) is 19.6. The first kappa shape index (κ1) is 10.3. The minimum atomic E-state index is -0.120. The molecule has 0 aromatic carbocycles. The fraction of sp³-hybridized carbons (Fsp3) is 0.273. The van der Waals surface area contributed by atoms with E-state index in [1.165, 1.54) is 12.4 Å². The Morgan fingerprint density at radius 1 is 1.38 bits per heavy atom. The van der Waals surface area contributed by atoms with Crippen LogP contribution in [-0.4, -0.2) is 14.5 Å². The average Bonchev–Trinajstić information content (AvgIpc) is 2.27. The Hall–Kier alpha value is -2.22. The minimum absolute atomic E-state index is 0.00218. The molecule has 0 atom stereocenters. The number of nitriles is 1. The zero-order chi connectivity index (χ0) is 11.7. The molecule has 0 radical (unpaired) electrons. The van der Waals surface area contributed by atoms with Crippen molar-refractivity contribution in [1.29, 1.82) is 5.26 Å². The fourth-order valence-electron chi connectivity index (χ4n) is 1.66. The summed E-state index contributed by atoms with van der Waals surface area (Å²) in [6, 6.07) is 5.02. The summed E-state index contributed by atoms with van der Waals surface area (Å²) in [6.07, 6.45) is 1.30. The molecule has 0 aliphatic carbocycles. The zero-order valence-electron chi connectivity index (χ0n) is 9.01. The van der Waals surface area contributed by atoms with E-state index in [2.05, 4.69) is 9.97 Å². The molecule has 0 bridgehead atoms. The molecule has 0 amide bonds. The molecule has 0 unspecified atom stereocenters. The summed E-state index contributed by atoms with van der Waals surface area (Å²) in [5.41, 5.74) is 0.679. The Labute approximate surface area is 92.0 Å². The van der Waals surface area contributed by atoms with Gasteiger partial charge in [-0.05, 0) is 19.9 Å². The van der Waals surface area contributed by atoms with Gasteiger partial charge in [-0.1, -0.05) is 0 Å². The van der Waals surface area contributed by atoms with Crippen LogP contribution in [0.4, 0.5) is 0 Å². The van der Waals surface area contributed by atoms with Crippen molar-refractivity contribution in [3.8, 4) is 6.07 Å². The minimum Gasteiger partial charge on any atom is -0.290 e. The van der Waals surface area contributed by atoms with Crippen molar-refractivity contribution < 1.29 is 0 Å². The lowest BCUT2D eigenvalue weighted by molar-refractivity contribution is 0.595. The highest BCUT2D eigenvalue weighted by atomic mass is 16.1. The molecule has 16 heavy (non-hydrogen) atoms. The Morgan fingerprint density at radius 3 is 2.75 bits per heavy atom. The van der Waals surface area contributed by atoms with Gasteiger partial charge in [-0.15, -0.1) is 0 Å². The Morgan fingerprint density at radius 2 is 2.12 bits per heavy atom. The van der Waals surface area contributed by atoms with Gasteiger partial charge < -0.3 is 0 Å². The van der Waals surface area contributed by atoms with E-state index in [9.17, 15) is 4.79 Å². The third-order valence-corrected chi connectivity index (χ3v) is 2.34. The maximum atomic E-state index is 11.7. The Kier molecular flexibility index (Phi) is 2.41. The van der Waals surface area contributed by atoms with Crippen LogP contribution in [0.1, 0.15) is 25.6 Å². The molecule has 0 spiro atoms. The van der Waals surface area contributed by atoms with Crippen molar-refractivity contribution in [2.24, 2.45) is 0 Å². The zero-order valence-corrected chi connectivity index (χ0v) is 9.01. The normalized spacial score (nSPS) is 10.6. The van der Waals surface area contributed by atoms with E-state index < -0.39 is 0 Å². The number of aromatic nitrogens is 3. The molecule has 80 valence electrons. The number of nitrogens with zero attached hydrogens (tertiary/aromatic N) is 4. The highest BCUT2D eigenvalue weighted by Gasteiger charge is 2.10. The quantitative estimate of drug-likeness (QED) is 0.716. The standard InChI is InChI=1S/C11H10N4O/c1-7(2)15-10(16)4-3-8-9(5-12)13-6-14-11(8)15/h3-4,6-7H,1-2H3. The van der Waals surface area contributed by atoms with Crippen LogP contribution >= 0.6 is 0 Å². The van der Waals surface area contributed by atoms with Crippen LogP contribution in [0.25, 0.3) is 11.0 Å². The Balaban J connectivity index is 2.96. The van der Waals surface area contributed by atoms with Crippen molar-refractivity contribution in [2.75, 3.05) is 0 Å². The van der Waals surface area contributed by atoms with Gasteiger partial charge in [0, 0.05) is 12.1 Å². The number of hydrogen-bond donors (Lipinski definition) is 0. The van der Waals surface area contributed by atoms with E-state index in [0.717, 1.165) is 0 Å². The third kappa shape index (κ3) is 1.44. The summed E-state index contributed by atoms with van der Waals surface area (Å²) in [6.45, 7) is 3.80. The second kappa shape index (κ2) is 3.74. The van der Waals surface area contributed by atoms with Gasteiger partial charge in [-0.2, -0.15) is 5.26 Å². The first-order valence-electron chi connectivity index (χ1n) is 4.91. The molecule has 2 rings (SSSR count). The molecule has 0 aliphatic heterocycles. The summed E-state index contributed by atoms with van der Waals surface area (Å²) >= 11 is 0. The van der Waals surface area contributed by atoms with Crippen molar-refractivity contribution in [3.05, 3.63) is 34.5 Å². The van der Waals surface area contributed by atoms with Crippen LogP contribution in [-0.2, 0) is 0 Å². The molecule has 0 saturated carbocycles. The summed E-state index contributed by atoms with van der Waals surface area (Å²) in [5, 5.41) is 9.52. The molecule has 0 aliphatic rings. The van der Waals surface area contributed by atoms with Gasteiger partial charge in [0.15, 0.2) is 5.69 Å². The summed E-state index contributed by atoms with van der Waals surface area (Å²) in [5.74, 6) is 0. The van der Waals surface area contributed by atoms with Gasteiger partial charge in [0.05, 0.1) is 5.39 Å². The fourth-order valence-corrected chi connectivity index (χ4v) is 1.66. The average molecular weight is 214 g/mol. The Bertz CT molecular complexity index is 636. The number of pyridine rings is 1. The maximum absolute atomic E-state index is 11.7. The number of hydrogen-bond acceptors (Lipinski definition) is 4. The smallest absolute Gasteiger partial charge is 0.252 e. The summed E-state index contributed by atoms with van der Waals surface area (Å²) in [7, 11) is 0. The molecule has 5 heteroatoms. The van der Waals surface area contributed by atoms with Gasteiger partial charge in [0.1, 0.15) is 18.0 Å². The maximum Gasteiger partial charge on any atom is 0.252 e.